The molecule has 0 saturated carbocycles. The number of carbonyl (C=O) groups is 1. The third kappa shape index (κ3) is 2.54. The first kappa shape index (κ1) is 12.7. The van der Waals surface area contributed by atoms with E-state index >= 15 is 0 Å². The molecule has 2 rings (SSSR count). The minimum absolute atomic E-state index is 0.579. The Labute approximate surface area is 112 Å². The van der Waals surface area contributed by atoms with Crippen LogP contribution in [-0.2, 0) is 10.3 Å². The van der Waals surface area contributed by atoms with Crippen LogP contribution >= 0.6 is 11.6 Å². The first-order valence-corrected chi connectivity index (χ1v) is 6.08. The Morgan fingerprint density at radius 2 is 1.67 bits per heavy atom. The third-order valence-electron chi connectivity index (χ3n) is 2.85. The average Bonchev–Trinajstić information content (AvgIpc) is 2.40. The van der Waals surface area contributed by atoms with E-state index in [1.54, 1.807) is 6.07 Å². The van der Waals surface area contributed by atoms with E-state index in [9.17, 15) is 4.79 Å². The van der Waals surface area contributed by atoms with Gasteiger partial charge in [0.2, 0.25) is 0 Å². The molecule has 0 aliphatic rings. The molecule has 92 valence electrons. The Hall–Kier alpha value is -1.80. The van der Waals surface area contributed by atoms with Crippen molar-refractivity contribution < 1.29 is 4.79 Å². The van der Waals surface area contributed by atoms with Crippen molar-refractivity contribution in [1.82, 2.24) is 0 Å². The predicted octanol–water partition coefficient (Wildman–Crippen LogP) is 3.87. The molecule has 18 heavy (non-hydrogen) atoms. The van der Waals surface area contributed by atoms with Gasteiger partial charge in [0.15, 0.2) is 0 Å². The Morgan fingerprint density at radius 3 is 2.28 bits per heavy atom. The van der Waals surface area contributed by atoms with Crippen LogP contribution in [0.25, 0.3) is 0 Å². The number of halogens is 1. The van der Waals surface area contributed by atoms with Crippen molar-refractivity contribution >= 4 is 23.6 Å². The number of anilines is 1. The summed E-state index contributed by atoms with van der Waals surface area (Å²) in [5, 5.41) is 3.79. The van der Waals surface area contributed by atoms with Crippen LogP contribution in [0.2, 0.25) is 5.02 Å². The number of hydrogen-bond donors (Lipinski definition) is 1. The molecule has 3 heteroatoms. The normalized spacial score (nSPS) is 13.7. The molecule has 0 heterocycles. The van der Waals surface area contributed by atoms with E-state index in [2.05, 4.69) is 5.32 Å². The molecule has 0 spiro atoms. The molecule has 2 nitrogen and oxygen atoms in total. The van der Waals surface area contributed by atoms with E-state index < -0.39 is 5.54 Å². The highest BCUT2D eigenvalue weighted by Crippen LogP contribution is 2.29. The molecular formula is C15H14ClNO. The second kappa shape index (κ2) is 5.23. The fourth-order valence-electron chi connectivity index (χ4n) is 1.86. The molecule has 2 aromatic carbocycles. The largest absolute Gasteiger partial charge is 0.370 e. The Bertz CT molecular complexity index is 541. The fraction of sp³-hybridized carbons (Fsp3) is 0.133. The smallest absolute Gasteiger partial charge is 0.149 e. The van der Waals surface area contributed by atoms with E-state index in [4.69, 9.17) is 11.6 Å². The fourth-order valence-corrected chi connectivity index (χ4v) is 2.20. The second-order valence-corrected chi connectivity index (χ2v) is 4.70. The van der Waals surface area contributed by atoms with Gasteiger partial charge in [0.25, 0.3) is 0 Å². The molecule has 0 saturated heterocycles. The van der Waals surface area contributed by atoms with Crippen LogP contribution in [0.4, 0.5) is 5.69 Å². The molecule has 0 aliphatic heterocycles. The predicted molar refractivity (Wildman–Crippen MR) is 74.9 cm³/mol. The van der Waals surface area contributed by atoms with Crippen molar-refractivity contribution in [2.75, 3.05) is 5.32 Å². The van der Waals surface area contributed by atoms with Gasteiger partial charge < -0.3 is 10.1 Å². The molecule has 0 radical (unpaired) electrons. The number of nitrogens with one attached hydrogen (secondary N) is 1. The van der Waals surface area contributed by atoms with Crippen LogP contribution in [0.1, 0.15) is 12.5 Å². The summed E-state index contributed by atoms with van der Waals surface area (Å²) >= 11 is 6.15. The standard InChI is InChI=1S/C15H14ClNO/c1-15(11-18,13-9-5-6-10-14(13)16)17-12-7-3-2-4-8-12/h2-11,17H,1H3. The number of carbonyl (C=O) groups excluding carboxylic acids is 1. The van der Waals surface area contributed by atoms with Gasteiger partial charge in [-0.3, -0.25) is 0 Å². The van der Waals surface area contributed by atoms with E-state index in [1.165, 1.54) is 0 Å². The number of rotatable bonds is 4. The van der Waals surface area contributed by atoms with Crippen molar-refractivity contribution in [3.05, 3.63) is 65.2 Å². The quantitative estimate of drug-likeness (QED) is 0.845. The molecular weight excluding hydrogens is 246 g/mol. The molecule has 0 aromatic heterocycles. The summed E-state index contributed by atoms with van der Waals surface area (Å²) in [6, 6.07) is 16.9. The zero-order valence-corrected chi connectivity index (χ0v) is 10.8. The summed E-state index contributed by atoms with van der Waals surface area (Å²) < 4.78 is 0. The van der Waals surface area contributed by atoms with Gasteiger partial charge in [0.1, 0.15) is 11.8 Å². The zero-order valence-electron chi connectivity index (χ0n) is 10.1. The highest BCUT2D eigenvalue weighted by atomic mass is 35.5. The van der Waals surface area contributed by atoms with E-state index in [0.717, 1.165) is 17.5 Å². The van der Waals surface area contributed by atoms with E-state index in [1.807, 2.05) is 55.5 Å². The van der Waals surface area contributed by atoms with Crippen LogP contribution in [0, 0.1) is 0 Å². The van der Waals surface area contributed by atoms with Gasteiger partial charge in [-0.25, -0.2) is 0 Å². The Balaban J connectivity index is 2.37. The van der Waals surface area contributed by atoms with Gasteiger partial charge in [0, 0.05) is 16.3 Å². The highest BCUT2D eigenvalue weighted by Gasteiger charge is 2.27. The van der Waals surface area contributed by atoms with Crippen LogP contribution in [0.3, 0.4) is 0 Å². The van der Waals surface area contributed by atoms with Gasteiger partial charge in [-0.1, -0.05) is 48.0 Å². The number of para-hydroxylation sites is 1. The number of hydrogen-bond acceptors (Lipinski definition) is 2. The first-order valence-electron chi connectivity index (χ1n) is 5.70. The number of benzene rings is 2. The van der Waals surface area contributed by atoms with E-state index in [-0.39, 0.29) is 0 Å². The maximum absolute atomic E-state index is 11.5. The summed E-state index contributed by atoms with van der Waals surface area (Å²) in [6.07, 6.45) is 0.876. The van der Waals surface area contributed by atoms with Gasteiger partial charge in [-0.2, -0.15) is 0 Å². The van der Waals surface area contributed by atoms with Crippen molar-refractivity contribution in [1.29, 1.82) is 0 Å². The maximum Gasteiger partial charge on any atom is 0.149 e. The lowest BCUT2D eigenvalue weighted by Crippen LogP contribution is -2.33. The molecule has 0 bridgehead atoms. The van der Waals surface area contributed by atoms with Crippen LogP contribution < -0.4 is 5.32 Å². The third-order valence-corrected chi connectivity index (χ3v) is 3.18. The SMILES string of the molecule is CC(C=O)(Nc1ccccc1)c1ccccc1Cl. The maximum atomic E-state index is 11.5. The lowest BCUT2D eigenvalue weighted by atomic mass is 9.93. The monoisotopic (exact) mass is 259 g/mol. The topological polar surface area (TPSA) is 29.1 Å². The van der Waals surface area contributed by atoms with Crippen LogP contribution in [-0.4, -0.2) is 6.29 Å². The minimum Gasteiger partial charge on any atom is -0.370 e. The Kier molecular flexibility index (Phi) is 3.68. The van der Waals surface area contributed by atoms with Crippen molar-refractivity contribution in [3.63, 3.8) is 0 Å². The van der Waals surface area contributed by atoms with Gasteiger partial charge >= 0.3 is 0 Å². The number of aldehydes is 1. The summed E-state index contributed by atoms with van der Waals surface area (Å²) in [4.78, 5) is 11.5. The van der Waals surface area contributed by atoms with Crippen LogP contribution in [0.15, 0.2) is 54.6 Å². The summed E-state index contributed by atoms with van der Waals surface area (Å²) in [5.74, 6) is 0. The second-order valence-electron chi connectivity index (χ2n) is 4.29. The van der Waals surface area contributed by atoms with Crippen molar-refractivity contribution in [3.8, 4) is 0 Å². The molecule has 0 fully saturated rings. The highest BCUT2D eigenvalue weighted by molar-refractivity contribution is 6.31. The summed E-state index contributed by atoms with van der Waals surface area (Å²) in [6.45, 7) is 1.81. The lowest BCUT2D eigenvalue weighted by molar-refractivity contribution is -0.111. The van der Waals surface area contributed by atoms with Gasteiger partial charge in [0.05, 0.1) is 0 Å². The molecule has 1 atom stereocenters. The lowest BCUT2D eigenvalue weighted by Gasteiger charge is -2.27. The van der Waals surface area contributed by atoms with E-state index in [0.29, 0.717) is 5.02 Å². The molecule has 0 aliphatic carbocycles. The van der Waals surface area contributed by atoms with Crippen LogP contribution in [0.5, 0.6) is 0 Å². The minimum atomic E-state index is -0.834. The molecule has 1 N–H and O–H groups in total. The zero-order chi connectivity index (χ0) is 13.0. The molecule has 2 aromatic rings. The first-order chi connectivity index (χ1) is 8.65. The summed E-state index contributed by atoms with van der Waals surface area (Å²) in [7, 11) is 0. The Morgan fingerprint density at radius 1 is 1.06 bits per heavy atom. The molecule has 0 amide bonds. The van der Waals surface area contributed by atoms with Gasteiger partial charge in [-0.15, -0.1) is 0 Å². The average molecular weight is 260 g/mol. The summed E-state index contributed by atoms with van der Waals surface area (Å²) in [5.41, 5.74) is 0.817. The van der Waals surface area contributed by atoms with Crippen molar-refractivity contribution in [2.45, 2.75) is 12.5 Å². The molecule has 1 unspecified atom stereocenters. The van der Waals surface area contributed by atoms with Gasteiger partial charge in [-0.05, 0) is 25.1 Å². The van der Waals surface area contributed by atoms with Crippen molar-refractivity contribution in [2.24, 2.45) is 0 Å².